The molecule has 1 N–H and O–H groups in total. The fourth-order valence-electron chi connectivity index (χ4n) is 1.42. The van der Waals surface area contributed by atoms with E-state index in [1.807, 2.05) is 12.1 Å². The molecule has 1 rings (SSSR count). The predicted molar refractivity (Wildman–Crippen MR) is 62.9 cm³/mol. The third-order valence-electron chi connectivity index (χ3n) is 2.44. The van der Waals surface area contributed by atoms with Crippen molar-refractivity contribution in [1.29, 1.82) is 0 Å². The van der Waals surface area contributed by atoms with Crippen LogP contribution in [-0.2, 0) is 16.6 Å². The lowest BCUT2D eigenvalue weighted by atomic mass is 9.86. The molecule has 15 heavy (non-hydrogen) atoms. The first-order chi connectivity index (χ1) is 6.93. The van der Waals surface area contributed by atoms with Gasteiger partial charge in [-0.15, -0.1) is 0 Å². The third-order valence-corrected chi connectivity index (χ3v) is 2.44. The average molecular weight is 205 g/mol. The largest absolute Gasteiger partial charge is 0.359 e. The molecule has 1 amide bonds. The quantitative estimate of drug-likeness (QED) is 0.788. The summed E-state index contributed by atoms with van der Waals surface area (Å²) in [6.45, 7) is 6.52. The van der Waals surface area contributed by atoms with Crippen LogP contribution >= 0.6 is 0 Å². The number of amides is 1. The summed E-state index contributed by atoms with van der Waals surface area (Å²) >= 11 is 0. The SMILES string of the molecule is CNC(=O)Cc1cccc(C(C)(C)C)c1. The molecule has 0 aliphatic rings. The van der Waals surface area contributed by atoms with Crippen molar-refractivity contribution in [2.24, 2.45) is 0 Å². The van der Waals surface area contributed by atoms with Crippen LogP contribution < -0.4 is 5.32 Å². The summed E-state index contributed by atoms with van der Waals surface area (Å²) in [5.74, 6) is 0.0565. The van der Waals surface area contributed by atoms with Crippen molar-refractivity contribution in [3.8, 4) is 0 Å². The summed E-state index contributed by atoms with van der Waals surface area (Å²) < 4.78 is 0. The van der Waals surface area contributed by atoms with E-state index in [-0.39, 0.29) is 11.3 Å². The van der Waals surface area contributed by atoms with Crippen LogP contribution in [0.1, 0.15) is 31.9 Å². The van der Waals surface area contributed by atoms with Gasteiger partial charge in [-0.2, -0.15) is 0 Å². The van der Waals surface area contributed by atoms with E-state index in [4.69, 9.17) is 0 Å². The summed E-state index contributed by atoms with van der Waals surface area (Å²) in [4.78, 5) is 11.2. The van der Waals surface area contributed by atoms with E-state index in [1.165, 1.54) is 5.56 Å². The van der Waals surface area contributed by atoms with Gasteiger partial charge >= 0.3 is 0 Å². The number of carbonyl (C=O) groups is 1. The average Bonchev–Trinajstić information content (AvgIpc) is 2.17. The van der Waals surface area contributed by atoms with E-state index in [1.54, 1.807) is 7.05 Å². The second kappa shape index (κ2) is 4.47. The third kappa shape index (κ3) is 3.39. The molecule has 0 fully saturated rings. The first kappa shape index (κ1) is 11.8. The smallest absolute Gasteiger partial charge is 0.224 e. The van der Waals surface area contributed by atoms with E-state index >= 15 is 0 Å². The highest BCUT2D eigenvalue weighted by atomic mass is 16.1. The Morgan fingerprint density at radius 2 is 2.00 bits per heavy atom. The number of nitrogens with one attached hydrogen (secondary N) is 1. The van der Waals surface area contributed by atoms with Crippen molar-refractivity contribution in [3.05, 3.63) is 35.4 Å². The molecule has 0 saturated carbocycles. The van der Waals surface area contributed by atoms with Crippen LogP contribution in [0, 0.1) is 0 Å². The highest BCUT2D eigenvalue weighted by Crippen LogP contribution is 2.22. The molecule has 2 nitrogen and oxygen atoms in total. The Balaban J connectivity index is 2.88. The zero-order valence-corrected chi connectivity index (χ0v) is 9.92. The molecule has 1 aromatic rings. The van der Waals surface area contributed by atoms with Crippen LogP contribution in [0.15, 0.2) is 24.3 Å². The molecule has 0 unspecified atom stereocenters. The molecular formula is C13H19NO. The molecule has 0 aromatic heterocycles. The minimum absolute atomic E-state index is 0.0565. The Morgan fingerprint density at radius 1 is 1.33 bits per heavy atom. The maximum Gasteiger partial charge on any atom is 0.224 e. The van der Waals surface area contributed by atoms with Crippen molar-refractivity contribution in [1.82, 2.24) is 5.32 Å². The van der Waals surface area contributed by atoms with Gasteiger partial charge in [0.25, 0.3) is 0 Å². The van der Waals surface area contributed by atoms with Crippen LogP contribution in [0.3, 0.4) is 0 Å². The summed E-state index contributed by atoms with van der Waals surface area (Å²) in [5, 5.41) is 2.63. The van der Waals surface area contributed by atoms with E-state index in [0.29, 0.717) is 6.42 Å². The van der Waals surface area contributed by atoms with Crippen molar-refractivity contribution in [2.75, 3.05) is 7.05 Å². The van der Waals surface area contributed by atoms with Crippen LogP contribution in [-0.4, -0.2) is 13.0 Å². The Kier molecular flexibility index (Phi) is 3.51. The van der Waals surface area contributed by atoms with Crippen LogP contribution in [0.25, 0.3) is 0 Å². The molecule has 0 radical (unpaired) electrons. The van der Waals surface area contributed by atoms with E-state index in [9.17, 15) is 4.79 Å². The van der Waals surface area contributed by atoms with E-state index in [2.05, 4.69) is 38.2 Å². The number of benzene rings is 1. The lowest BCUT2D eigenvalue weighted by Gasteiger charge is -2.19. The molecule has 0 spiro atoms. The van der Waals surface area contributed by atoms with E-state index in [0.717, 1.165) is 5.56 Å². The van der Waals surface area contributed by atoms with Gasteiger partial charge in [-0.3, -0.25) is 4.79 Å². The standard InChI is InChI=1S/C13H19NO/c1-13(2,3)11-7-5-6-10(8-11)9-12(15)14-4/h5-8H,9H2,1-4H3,(H,14,15). The van der Waals surface area contributed by atoms with Gasteiger partial charge in [-0.05, 0) is 16.5 Å². The Bertz CT molecular complexity index is 350. The molecular weight excluding hydrogens is 186 g/mol. The second-order valence-corrected chi connectivity index (χ2v) is 4.80. The Hall–Kier alpha value is -1.31. The molecule has 2 heteroatoms. The summed E-state index contributed by atoms with van der Waals surface area (Å²) in [6, 6.07) is 8.21. The summed E-state index contributed by atoms with van der Waals surface area (Å²) in [6.07, 6.45) is 0.459. The number of likely N-dealkylation sites (N-methyl/N-ethyl adjacent to an activating group) is 1. The van der Waals surface area contributed by atoms with Crippen LogP contribution in [0.4, 0.5) is 0 Å². The van der Waals surface area contributed by atoms with E-state index < -0.39 is 0 Å². The zero-order valence-electron chi connectivity index (χ0n) is 9.92. The second-order valence-electron chi connectivity index (χ2n) is 4.80. The maximum absolute atomic E-state index is 11.2. The molecule has 0 aliphatic carbocycles. The minimum Gasteiger partial charge on any atom is -0.359 e. The van der Waals surface area contributed by atoms with Gasteiger partial charge in [-0.1, -0.05) is 45.0 Å². The van der Waals surface area contributed by atoms with Crippen molar-refractivity contribution in [2.45, 2.75) is 32.6 Å². The highest BCUT2D eigenvalue weighted by Gasteiger charge is 2.13. The van der Waals surface area contributed by atoms with Crippen molar-refractivity contribution < 1.29 is 4.79 Å². The van der Waals surface area contributed by atoms with Crippen LogP contribution in [0.5, 0.6) is 0 Å². The lowest BCUT2D eigenvalue weighted by Crippen LogP contribution is -2.20. The predicted octanol–water partition coefficient (Wildman–Crippen LogP) is 2.27. The number of carbonyl (C=O) groups excluding carboxylic acids is 1. The zero-order chi connectivity index (χ0) is 11.5. The minimum atomic E-state index is 0.0565. The van der Waals surface area contributed by atoms with Crippen molar-refractivity contribution in [3.63, 3.8) is 0 Å². The molecule has 0 aliphatic heterocycles. The molecule has 0 saturated heterocycles. The fourth-order valence-corrected chi connectivity index (χ4v) is 1.42. The van der Waals surface area contributed by atoms with Gasteiger partial charge in [0, 0.05) is 7.05 Å². The monoisotopic (exact) mass is 205 g/mol. The molecule has 1 aromatic carbocycles. The summed E-state index contributed by atoms with van der Waals surface area (Å²) in [7, 11) is 1.66. The van der Waals surface area contributed by atoms with Gasteiger partial charge in [0.2, 0.25) is 5.91 Å². The van der Waals surface area contributed by atoms with Gasteiger partial charge < -0.3 is 5.32 Å². The molecule has 0 atom stereocenters. The fraction of sp³-hybridized carbons (Fsp3) is 0.462. The molecule has 82 valence electrons. The molecule has 0 heterocycles. The van der Waals surface area contributed by atoms with Gasteiger partial charge in [-0.25, -0.2) is 0 Å². The number of hydrogen-bond donors (Lipinski definition) is 1. The van der Waals surface area contributed by atoms with Crippen LogP contribution in [0.2, 0.25) is 0 Å². The Labute approximate surface area is 91.7 Å². The summed E-state index contributed by atoms with van der Waals surface area (Å²) in [5.41, 5.74) is 2.48. The first-order valence-electron chi connectivity index (χ1n) is 5.23. The highest BCUT2D eigenvalue weighted by molar-refractivity contribution is 5.78. The van der Waals surface area contributed by atoms with Gasteiger partial charge in [0.15, 0.2) is 0 Å². The topological polar surface area (TPSA) is 29.1 Å². The Morgan fingerprint density at radius 3 is 2.53 bits per heavy atom. The number of rotatable bonds is 2. The van der Waals surface area contributed by atoms with Crippen molar-refractivity contribution >= 4 is 5.91 Å². The van der Waals surface area contributed by atoms with Gasteiger partial charge in [0.05, 0.1) is 6.42 Å². The normalized spacial score (nSPS) is 11.2. The molecule has 0 bridgehead atoms. The lowest BCUT2D eigenvalue weighted by molar-refractivity contribution is -0.119. The maximum atomic E-state index is 11.2. The first-order valence-corrected chi connectivity index (χ1v) is 5.23. The number of hydrogen-bond acceptors (Lipinski definition) is 1. The van der Waals surface area contributed by atoms with Gasteiger partial charge in [0.1, 0.15) is 0 Å².